The van der Waals surface area contributed by atoms with E-state index in [4.69, 9.17) is 4.98 Å². The lowest BCUT2D eigenvalue weighted by Crippen LogP contribution is -2.36. The molecule has 24 heavy (non-hydrogen) atoms. The molecular formula is C18H24N3O2S. The fourth-order valence-corrected chi connectivity index (χ4v) is 4.43. The number of anilines is 2. The molecule has 1 aromatic heterocycles. The van der Waals surface area contributed by atoms with Gasteiger partial charge in [-0.05, 0) is 47.1 Å². The normalized spacial score (nSPS) is 17.8. The molecule has 2 N–H and O–H groups in total. The van der Waals surface area contributed by atoms with E-state index in [0.29, 0.717) is 12.4 Å². The maximum absolute atomic E-state index is 10.7. The van der Waals surface area contributed by atoms with E-state index in [0.717, 1.165) is 22.5 Å². The maximum Gasteiger partial charge on any atom is 0.174 e. The van der Waals surface area contributed by atoms with Gasteiger partial charge in [0.05, 0.1) is 5.69 Å². The minimum absolute atomic E-state index is 0.0748. The van der Waals surface area contributed by atoms with Crippen LogP contribution in [0.4, 0.5) is 11.5 Å². The topological polar surface area (TPSA) is 59.8 Å². The lowest BCUT2D eigenvalue weighted by molar-refractivity contribution is 0.412. The van der Waals surface area contributed by atoms with Gasteiger partial charge < -0.3 is 0 Å². The molecule has 0 unspecified atom stereocenters. The van der Waals surface area contributed by atoms with Gasteiger partial charge in [-0.15, -0.1) is 0 Å². The third kappa shape index (κ3) is 2.85. The number of hydrogen-bond acceptors (Lipinski definition) is 5. The minimum Gasteiger partial charge on any atom is -0.264 e. The van der Waals surface area contributed by atoms with E-state index >= 15 is 0 Å². The van der Waals surface area contributed by atoms with Crippen LogP contribution in [0, 0.1) is 18.4 Å². The van der Waals surface area contributed by atoms with Gasteiger partial charge in [-0.25, -0.2) is 13.6 Å². The summed E-state index contributed by atoms with van der Waals surface area (Å²) < 4.78 is 24.5. The van der Waals surface area contributed by atoms with Crippen molar-refractivity contribution in [3.63, 3.8) is 0 Å². The Balaban J connectivity index is 2.08. The Morgan fingerprint density at radius 3 is 2.54 bits per heavy atom. The number of pyridine rings is 1. The zero-order valence-corrected chi connectivity index (χ0v) is 15.6. The molecule has 0 spiro atoms. The van der Waals surface area contributed by atoms with E-state index in [1.807, 2.05) is 37.3 Å². The molecule has 0 fully saturated rings. The van der Waals surface area contributed by atoms with Crippen molar-refractivity contribution in [2.45, 2.75) is 27.7 Å². The number of aromatic nitrogens is 1. The van der Waals surface area contributed by atoms with Crippen molar-refractivity contribution in [2.75, 3.05) is 22.2 Å². The average Bonchev–Trinajstić information content (AvgIpc) is 2.67. The monoisotopic (exact) mass is 346 g/mol. The van der Waals surface area contributed by atoms with E-state index in [-0.39, 0.29) is 5.41 Å². The first-order valence-corrected chi connectivity index (χ1v) is 9.36. The maximum atomic E-state index is 10.7. The smallest absolute Gasteiger partial charge is 0.174 e. The second kappa shape index (κ2) is 5.65. The molecule has 129 valence electrons. The highest BCUT2D eigenvalue weighted by atomic mass is 32.3. The van der Waals surface area contributed by atoms with Crippen LogP contribution < -0.4 is 8.61 Å². The van der Waals surface area contributed by atoms with Gasteiger partial charge in [0, 0.05) is 19.2 Å². The van der Waals surface area contributed by atoms with Crippen LogP contribution in [0.1, 0.15) is 26.3 Å². The van der Waals surface area contributed by atoms with Crippen molar-refractivity contribution in [1.29, 1.82) is 0 Å². The van der Waals surface area contributed by atoms with Crippen LogP contribution in [-0.4, -0.2) is 27.7 Å². The molecule has 6 heteroatoms. The zero-order chi connectivity index (χ0) is 17.7. The molecule has 0 saturated carbocycles. The lowest BCUT2D eigenvalue weighted by Gasteiger charge is -2.44. The van der Waals surface area contributed by atoms with Crippen molar-refractivity contribution < 1.29 is 9.11 Å². The quantitative estimate of drug-likeness (QED) is 0.822. The molecule has 2 aromatic rings. The van der Waals surface area contributed by atoms with Gasteiger partial charge in [-0.1, -0.05) is 39.0 Å². The zero-order valence-electron chi connectivity index (χ0n) is 14.7. The predicted molar refractivity (Wildman–Crippen MR) is 101 cm³/mol. The summed E-state index contributed by atoms with van der Waals surface area (Å²) in [4.78, 5) is 4.70. The third-order valence-corrected chi connectivity index (χ3v) is 5.85. The molecule has 1 aliphatic heterocycles. The Labute approximate surface area is 145 Å². The molecule has 0 amide bonds. The van der Waals surface area contributed by atoms with Gasteiger partial charge in [0.1, 0.15) is 5.69 Å². The van der Waals surface area contributed by atoms with E-state index in [1.165, 1.54) is 4.31 Å². The van der Waals surface area contributed by atoms with Crippen molar-refractivity contribution in [1.82, 2.24) is 4.98 Å². The minimum atomic E-state index is -3.07. The van der Waals surface area contributed by atoms with Crippen molar-refractivity contribution >= 4 is 22.5 Å². The summed E-state index contributed by atoms with van der Waals surface area (Å²) in [5, 5.41) is 0. The van der Waals surface area contributed by atoms with Crippen LogP contribution in [0.3, 0.4) is 0 Å². The highest BCUT2D eigenvalue weighted by Gasteiger charge is 2.41. The Morgan fingerprint density at radius 1 is 1.21 bits per heavy atom. The number of benzene rings is 1. The Kier molecular flexibility index (Phi) is 4.02. The average molecular weight is 346 g/mol. The molecule has 3 rings (SSSR count). The van der Waals surface area contributed by atoms with Crippen LogP contribution in [-0.2, 0) is 0 Å². The summed E-state index contributed by atoms with van der Waals surface area (Å²) in [7, 11) is -1.40. The van der Waals surface area contributed by atoms with Gasteiger partial charge in [-0.2, -0.15) is 0 Å². The van der Waals surface area contributed by atoms with Crippen LogP contribution in [0.25, 0.3) is 11.3 Å². The first kappa shape index (κ1) is 17.1. The number of fused-ring (bicyclic) bond motifs is 1. The lowest BCUT2D eigenvalue weighted by atomic mass is 9.97. The number of nitrogens with zero attached hydrogens (tertiary/aromatic N) is 3. The number of aryl methyl sites for hydroxylation is 1. The molecule has 1 aromatic carbocycles. The summed E-state index contributed by atoms with van der Waals surface area (Å²) in [6.45, 7) is 8.77. The first-order valence-electron chi connectivity index (χ1n) is 7.90. The van der Waals surface area contributed by atoms with Crippen molar-refractivity contribution in [3.05, 3.63) is 42.0 Å². The van der Waals surface area contributed by atoms with Crippen LogP contribution >= 0.6 is 11.0 Å². The van der Waals surface area contributed by atoms with Gasteiger partial charge >= 0.3 is 0 Å². The SMILES string of the molecule is Cc1ccc[c]c1-c1ccc2c(n1)N(C)S(O)(O)N2CC(C)(C)C. The molecular weight excluding hydrogens is 322 g/mol. The molecule has 0 saturated heterocycles. The van der Waals surface area contributed by atoms with Crippen LogP contribution in [0.5, 0.6) is 0 Å². The summed E-state index contributed by atoms with van der Waals surface area (Å²) in [5.41, 5.74) is 3.48. The number of rotatable bonds is 2. The van der Waals surface area contributed by atoms with Gasteiger partial charge in [0.25, 0.3) is 0 Å². The fraction of sp³-hybridized carbons (Fsp3) is 0.389. The Hall–Kier alpha value is -1.76. The molecule has 0 bridgehead atoms. The summed E-state index contributed by atoms with van der Waals surface area (Å²) in [5.74, 6) is 0.591. The summed E-state index contributed by atoms with van der Waals surface area (Å²) in [6, 6.07) is 12.9. The van der Waals surface area contributed by atoms with E-state index in [2.05, 4.69) is 26.8 Å². The molecule has 0 aliphatic carbocycles. The second-order valence-corrected chi connectivity index (χ2v) is 9.32. The Morgan fingerprint density at radius 2 is 1.92 bits per heavy atom. The van der Waals surface area contributed by atoms with E-state index in [1.54, 1.807) is 11.4 Å². The molecule has 2 heterocycles. The highest BCUT2D eigenvalue weighted by Crippen LogP contribution is 2.60. The largest absolute Gasteiger partial charge is 0.264 e. The summed E-state index contributed by atoms with van der Waals surface area (Å²) in [6.07, 6.45) is 0. The predicted octanol–water partition coefficient (Wildman–Crippen LogP) is 4.74. The Bertz CT molecular complexity index is 771. The van der Waals surface area contributed by atoms with Gasteiger partial charge in [0.15, 0.2) is 5.82 Å². The second-order valence-electron chi connectivity index (χ2n) is 7.35. The molecule has 5 nitrogen and oxygen atoms in total. The standard InChI is InChI=1S/C18H24N3O2S/c1-13-8-6-7-9-14(13)15-10-11-16-17(19-15)20(5)24(22,23)21(16)12-18(2,3)4/h6-8,10-11,22-23H,12H2,1-5H3. The molecule has 1 radical (unpaired) electrons. The third-order valence-electron chi connectivity index (χ3n) is 4.02. The van der Waals surface area contributed by atoms with Crippen LogP contribution in [0.2, 0.25) is 0 Å². The van der Waals surface area contributed by atoms with Gasteiger partial charge in [0.2, 0.25) is 0 Å². The molecule has 1 aliphatic rings. The molecule has 0 atom stereocenters. The van der Waals surface area contributed by atoms with Gasteiger partial charge in [-0.3, -0.25) is 9.11 Å². The van der Waals surface area contributed by atoms with E-state index < -0.39 is 11.0 Å². The van der Waals surface area contributed by atoms with Crippen molar-refractivity contribution in [2.24, 2.45) is 5.41 Å². The van der Waals surface area contributed by atoms with Crippen LogP contribution in [0.15, 0.2) is 30.3 Å². The number of hydrogen-bond donors (Lipinski definition) is 2. The first-order chi connectivity index (χ1) is 11.1. The fourth-order valence-electron chi connectivity index (χ4n) is 2.80. The van der Waals surface area contributed by atoms with E-state index in [9.17, 15) is 9.11 Å². The van der Waals surface area contributed by atoms with Crippen molar-refractivity contribution in [3.8, 4) is 11.3 Å². The summed E-state index contributed by atoms with van der Waals surface area (Å²) >= 11 is 0. The highest BCUT2D eigenvalue weighted by molar-refractivity contribution is 8.26.